The summed E-state index contributed by atoms with van der Waals surface area (Å²) < 4.78 is 1.73. The van der Waals surface area contributed by atoms with Gasteiger partial charge in [-0.2, -0.15) is 0 Å². The first kappa shape index (κ1) is 14.3. The van der Waals surface area contributed by atoms with Crippen molar-refractivity contribution in [2.24, 2.45) is 12.8 Å². The summed E-state index contributed by atoms with van der Waals surface area (Å²) in [6.07, 6.45) is 3.98. The summed E-state index contributed by atoms with van der Waals surface area (Å²) in [5.74, 6) is -0.0534. The number of amides is 1. The van der Waals surface area contributed by atoms with Gasteiger partial charge in [0.2, 0.25) is 0 Å². The van der Waals surface area contributed by atoms with Crippen molar-refractivity contribution in [2.75, 3.05) is 18.0 Å². The summed E-state index contributed by atoms with van der Waals surface area (Å²) in [5, 5.41) is 0. The van der Waals surface area contributed by atoms with Crippen molar-refractivity contribution in [3.8, 4) is 0 Å². The highest BCUT2D eigenvalue weighted by atomic mass is 16.2. The fraction of sp³-hybridized carbons (Fsp3) is 0.333. The number of carbonyl (C=O) groups excluding carboxylic acids is 1. The van der Waals surface area contributed by atoms with Crippen LogP contribution in [0.25, 0.3) is 0 Å². The summed E-state index contributed by atoms with van der Waals surface area (Å²) in [5.41, 5.74) is 8.20. The third kappa shape index (κ3) is 3.05. The number of hydrogen-bond donors (Lipinski definition) is 1. The van der Waals surface area contributed by atoms with Crippen LogP contribution in [0, 0.1) is 6.92 Å². The normalized spacial score (nSPS) is 10.6. The van der Waals surface area contributed by atoms with E-state index in [0.29, 0.717) is 18.8 Å². The van der Waals surface area contributed by atoms with Gasteiger partial charge in [-0.15, -0.1) is 0 Å². The van der Waals surface area contributed by atoms with Gasteiger partial charge in [-0.05, 0) is 32.0 Å². The highest BCUT2D eigenvalue weighted by Crippen LogP contribution is 2.18. The Labute approximate surface area is 119 Å². The van der Waals surface area contributed by atoms with Gasteiger partial charge in [0.1, 0.15) is 5.69 Å². The molecule has 1 aromatic carbocycles. The summed E-state index contributed by atoms with van der Waals surface area (Å²) >= 11 is 0. The number of aryl methyl sites for hydroxylation is 2. The van der Waals surface area contributed by atoms with Crippen LogP contribution < -0.4 is 10.6 Å². The summed E-state index contributed by atoms with van der Waals surface area (Å²) in [4.78, 5) is 18.4. The number of nitrogens with two attached hydrogens (primary N) is 1. The Balaban J connectivity index is 2.30. The second kappa shape index (κ2) is 6.34. The second-order valence-corrected chi connectivity index (χ2v) is 4.82. The third-order valence-electron chi connectivity index (χ3n) is 3.21. The van der Waals surface area contributed by atoms with E-state index in [9.17, 15) is 4.79 Å². The number of rotatable bonds is 5. The number of nitrogens with zero attached hydrogens (tertiary/aromatic N) is 3. The van der Waals surface area contributed by atoms with Crippen LogP contribution in [0.3, 0.4) is 0 Å². The molecule has 0 saturated carbocycles. The van der Waals surface area contributed by atoms with Crippen molar-refractivity contribution in [3.63, 3.8) is 0 Å². The first-order valence-corrected chi connectivity index (χ1v) is 6.68. The van der Waals surface area contributed by atoms with Crippen LogP contribution in [-0.2, 0) is 7.05 Å². The zero-order chi connectivity index (χ0) is 14.5. The van der Waals surface area contributed by atoms with Gasteiger partial charge in [-0.3, -0.25) is 4.79 Å². The number of carbonyl (C=O) groups is 1. The predicted molar refractivity (Wildman–Crippen MR) is 79.7 cm³/mol. The van der Waals surface area contributed by atoms with Gasteiger partial charge < -0.3 is 15.2 Å². The van der Waals surface area contributed by atoms with Crippen LogP contribution in [0.5, 0.6) is 0 Å². The van der Waals surface area contributed by atoms with Crippen molar-refractivity contribution in [2.45, 2.75) is 13.3 Å². The molecule has 1 heterocycles. The van der Waals surface area contributed by atoms with Crippen LogP contribution in [-0.4, -0.2) is 28.5 Å². The van der Waals surface area contributed by atoms with Gasteiger partial charge in [0, 0.05) is 19.3 Å². The quantitative estimate of drug-likeness (QED) is 0.901. The largest absolute Gasteiger partial charge is 0.330 e. The molecule has 5 nitrogen and oxygen atoms in total. The summed E-state index contributed by atoms with van der Waals surface area (Å²) in [6.45, 7) is 3.18. The summed E-state index contributed by atoms with van der Waals surface area (Å²) in [6, 6.07) is 7.92. The minimum Gasteiger partial charge on any atom is -0.330 e. The lowest BCUT2D eigenvalue weighted by Gasteiger charge is -2.22. The maximum Gasteiger partial charge on any atom is 0.276 e. The molecule has 2 rings (SSSR count). The minimum atomic E-state index is -0.0534. The van der Waals surface area contributed by atoms with Crippen LogP contribution in [0.15, 0.2) is 36.8 Å². The molecule has 0 fully saturated rings. The average molecular weight is 272 g/mol. The number of imidazole rings is 1. The topological polar surface area (TPSA) is 64.2 Å². The van der Waals surface area contributed by atoms with E-state index in [4.69, 9.17) is 5.73 Å². The Hall–Kier alpha value is -2.14. The Bertz CT molecular complexity index is 574. The number of anilines is 1. The van der Waals surface area contributed by atoms with Crippen molar-refractivity contribution >= 4 is 11.6 Å². The van der Waals surface area contributed by atoms with Crippen molar-refractivity contribution in [3.05, 3.63) is 48.0 Å². The van der Waals surface area contributed by atoms with E-state index in [1.54, 1.807) is 22.0 Å². The molecular formula is C15H20N4O. The maximum atomic E-state index is 12.6. The molecule has 0 saturated heterocycles. The van der Waals surface area contributed by atoms with Gasteiger partial charge in [0.05, 0.1) is 12.5 Å². The van der Waals surface area contributed by atoms with E-state index >= 15 is 0 Å². The lowest BCUT2D eigenvalue weighted by molar-refractivity contribution is 0.0979. The second-order valence-electron chi connectivity index (χ2n) is 4.82. The SMILES string of the molecule is Cc1ccc(N(CCCN)C(=O)c2cncn2C)cc1. The molecule has 5 heteroatoms. The van der Waals surface area contributed by atoms with Gasteiger partial charge in [-0.1, -0.05) is 17.7 Å². The maximum absolute atomic E-state index is 12.6. The minimum absolute atomic E-state index is 0.0534. The van der Waals surface area contributed by atoms with Crippen LogP contribution in [0.2, 0.25) is 0 Å². The van der Waals surface area contributed by atoms with E-state index in [1.807, 2.05) is 38.2 Å². The highest BCUT2D eigenvalue weighted by molar-refractivity contribution is 6.04. The molecule has 0 spiro atoms. The molecule has 2 N–H and O–H groups in total. The van der Waals surface area contributed by atoms with Gasteiger partial charge in [-0.25, -0.2) is 4.98 Å². The smallest absolute Gasteiger partial charge is 0.276 e. The Kier molecular flexibility index (Phi) is 4.53. The number of benzene rings is 1. The van der Waals surface area contributed by atoms with Gasteiger partial charge in [0.15, 0.2) is 0 Å². The molecule has 1 aromatic heterocycles. The molecule has 2 aromatic rings. The molecule has 1 amide bonds. The molecule has 0 atom stereocenters. The predicted octanol–water partition coefficient (Wildman–Crippen LogP) is 1.72. The van der Waals surface area contributed by atoms with Crippen LogP contribution in [0.1, 0.15) is 22.5 Å². The van der Waals surface area contributed by atoms with Gasteiger partial charge >= 0.3 is 0 Å². The van der Waals surface area contributed by atoms with Gasteiger partial charge in [0.25, 0.3) is 5.91 Å². The monoisotopic (exact) mass is 272 g/mol. The molecular weight excluding hydrogens is 252 g/mol. The number of hydrogen-bond acceptors (Lipinski definition) is 3. The van der Waals surface area contributed by atoms with Crippen LogP contribution in [0.4, 0.5) is 5.69 Å². The standard InChI is InChI=1S/C15H20N4O/c1-12-4-6-13(7-5-12)19(9-3-8-16)15(20)14-10-17-11-18(14)2/h4-7,10-11H,3,8-9,16H2,1-2H3. The van der Waals surface area contributed by atoms with E-state index in [1.165, 1.54) is 5.56 Å². The van der Waals surface area contributed by atoms with Crippen molar-refractivity contribution in [1.29, 1.82) is 0 Å². The van der Waals surface area contributed by atoms with Crippen molar-refractivity contribution < 1.29 is 4.79 Å². The first-order chi connectivity index (χ1) is 9.63. The Morgan fingerprint density at radius 3 is 2.60 bits per heavy atom. The Morgan fingerprint density at radius 2 is 2.05 bits per heavy atom. The molecule has 0 aliphatic rings. The molecule has 0 radical (unpaired) electrons. The van der Waals surface area contributed by atoms with Crippen molar-refractivity contribution in [1.82, 2.24) is 9.55 Å². The number of aromatic nitrogens is 2. The lowest BCUT2D eigenvalue weighted by atomic mass is 10.2. The highest BCUT2D eigenvalue weighted by Gasteiger charge is 2.19. The van der Waals surface area contributed by atoms with Crippen LogP contribution >= 0.6 is 0 Å². The first-order valence-electron chi connectivity index (χ1n) is 6.68. The van der Waals surface area contributed by atoms with E-state index in [0.717, 1.165) is 12.1 Å². The summed E-state index contributed by atoms with van der Waals surface area (Å²) in [7, 11) is 1.82. The van der Waals surface area contributed by atoms with E-state index < -0.39 is 0 Å². The Morgan fingerprint density at radius 1 is 1.35 bits per heavy atom. The molecule has 0 aliphatic heterocycles. The average Bonchev–Trinajstić information content (AvgIpc) is 2.87. The molecule has 20 heavy (non-hydrogen) atoms. The third-order valence-corrected chi connectivity index (χ3v) is 3.21. The molecule has 0 aliphatic carbocycles. The lowest BCUT2D eigenvalue weighted by Crippen LogP contribution is -2.34. The van der Waals surface area contributed by atoms with E-state index in [2.05, 4.69) is 4.98 Å². The molecule has 106 valence electrons. The fourth-order valence-corrected chi connectivity index (χ4v) is 2.02. The molecule has 0 unspecified atom stereocenters. The zero-order valence-electron chi connectivity index (χ0n) is 11.9. The molecule has 0 bridgehead atoms. The zero-order valence-corrected chi connectivity index (χ0v) is 11.9. The van der Waals surface area contributed by atoms with E-state index in [-0.39, 0.29) is 5.91 Å². The fourth-order valence-electron chi connectivity index (χ4n) is 2.02.